The summed E-state index contributed by atoms with van der Waals surface area (Å²) in [5, 5.41) is 8.42. The molecule has 4 nitrogen and oxygen atoms in total. The molecule has 0 heterocycles. The molecule has 0 radical (unpaired) electrons. The van der Waals surface area contributed by atoms with E-state index in [4.69, 9.17) is 16.6 Å². The second-order valence-electron chi connectivity index (χ2n) is 3.87. The lowest BCUT2D eigenvalue weighted by Gasteiger charge is -1.96. The smallest absolute Gasteiger partial charge is 0.307 e. The Labute approximate surface area is 110 Å². The number of halogens is 1. The van der Waals surface area contributed by atoms with Crippen molar-refractivity contribution in [2.45, 2.75) is 6.42 Å². The van der Waals surface area contributed by atoms with Crippen LogP contribution in [0.3, 0.4) is 0 Å². The van der Waals surface area contributed by atoms with Gasteiger partial charge in [0.2, 0.25) is 0 Å². The molecule has 0 aliphatic rings. The molecule has 0 aromatic heterocycles. The fourth-order valence-electron chi connectivity index (χ4n) is 1.34. The third-order valence-electron chi connectivity index (χ3n) is 2.18. The molecule has 19 heavy (non-hydrogen) atoms. The molecule has 0 spiro atoms. The maximum atomic E-state index is 12.0. The minimum atomic E-state index is -0.837. The van der Waals surface area contributed by atoms with Crippen LogP contribution in [0.1, 0.15) is 5.56 Å². The lowest BCUT2D eigenvalue weighted by atomic mass is 10.1. The van der Waals surface area contributed by atoms with Gasteiger partial charge in [0.15, 0.2) is 0 Å². The molecule has 2 rings (SSSR count). The van der Waals surface area contributed by atoms with Crippen molar-refractivity contribution in [3.8, 4) is 0 Å². The molecule has 0 aliphatic heterocycles. The maximum Gasteiger partial charge on any atom is 0.307 e. The van der Waals surface area contributed by atoms with Gasteiger partial charge in [-0.25, -0.2) is 4.39 Å². The monoisotopic (exact) mass is 262 g/mol. The number of aliphatic carboxylic acids is 1. The predicted molar refractivity (Wildman–Crippen MR) is 73.0 cm³/mol. The van der Waals surface area contributed by atoms with Gasteiger partial charge in [0.1, 0.15) is 5.82 Å². The average Bonchev–Trinajstić information content (AvgIpc) is 2.33. The molecule has 0 unspecified atom stereocenters. The normalized spacial score (nSPS) is 9.32. The van der Waals surface area contributed by atoms with Crippen molar-refractivity contribution in [1.82, 2.24) is 0 Å². The Bertz CT molecular complexity index is 520. The summed E-state index contributed by atoms with van der Waals surface area (Å²) in [6, 6.07) is 12.6. The van der Waals surface area contributed by atoms with E-state index in [0.29, 0.717) is 11.4 Å². The first-order valence-corrected chi connectivity index (χ1v) is 5.54. The van der Waals surface area contributed by atoms with Crippen LogP contribution in [0.25, 0.3) is 0 Å². The molecular weight excluding hydrogens is 247 g/mol. The minimum Gasteiger partial charge on any atom is -0.481 e. The Morgan fingerprint density at radius 1 is 1.05 bits per heavy atom. The van der Waals surface area contributed by atoms with Crippen LogP contribution in [-0.2, 0) is 11.2 Å². The summed E-state index contributed by atoms with van der Waals surface area (Å²) in [5.74, 6) is -1.09. The molecule has 0 saturated heterocycles. The quantitative estimate of drug-likeness (QED) is 0.724. The highest BCUT2D eigenvalue weighted by atomic mass is 19.1. The van der Waals surface area contributed by atoms with Crippen LogP contribution in [0.4, 0.5) is 15.8 Å². The van der Waals surface area contributed by atoms with Gasteiger partial charge in [-0.1, -0.05) is 12.1 Å². The van der Waals surface area contributed by atoms with E-state index in [0.717, 1.165) is 5.56 Å². The number of carboxylic acids is 1. The van der Waals surface area contributed by atoms with E-state index < -0.39 is 5.97 Å². The number of nitrogens with two attached hydrogens (primary N) is 2. The van der Waals surface area contributed by atoms with Gasteiger partial charge in [0.25, 0.3) is 0 Å². The first-order valence-electron chi connectivity index (χ1n) is 5.54. The highest BCUT2D eigenvalue weighted by Gasteiger charge is 1.98. The zero-order chi connectivity index (χ0) is 14.3. The SMILES string of the molecule is Nc1ccc(F)cc1.Nc1cccc(CC(=O)O)c1. The molecule has 0 saturated carbocycles. The number of rotatable bonds is 2. The van der Waals surface area contributed by atoms with Gasteiger partial charge in [0, 0.05) is 11.4 Å². The second-order valence-corrected chi connectivity index (χ2v) is 3.87. The van der Waals surface area contributed by atoms with Gasteiger partial charge >= 0.3 is 5.97 Å². The summed E-state index contributed by atoms with van der Waals surface area (Å²) in [6.07, 6.45) is 0.0328. The molecule has 0 bridgehead atoms. The van der Waals surface area contributed by atoms with Crippen molar-refractivity contribution in [2.75, 3.05) is 11.5 Å². The molecule has 2 aromatic carbocycles. The number of nitrogen functional groups attached to an aromatic ring is 2. The molecular formula is C14H15FN2O2. The fraction of sp³-hybridized carbons (Fsp3) is 0.0714. The van der Waals surface area contributed by atoms with Gasteiger partial charge in [-0.15, -0.1) is 0 Å². The van der Waals surface area contributed by atoms with Crippen LogP contribution in [0.2, 0.25) is 0 Å². The van der Waals surface area contributed by atoms with Crippen molar-refractivity contribution in [1.29, 1.82) is 0 Å². The predicted octanol–water partition coefficient (Wildman–Crippen LogP) is 2.30. The first-order chi connectivity index (χ1) is 8.97. The topological polar surface area (TPSA) is 89.3 Å². The molecule has 0 amide bonds. The third kappa shape index (κ3) is 6.07. The van der Waals surface area contributed by atoms with Crippen LogP contribution < -0.4 is 11.5 Å². The number of anilines is 2. The van der Waals surface area contributed by atoms with Crippen LogP contribution in [-0.4, -0.2) is 11.1 Å². The third-order valence-corrected chi connectivity index (χ3v) is 2.18. The number of carbonyl (C=O) groups is 1. The van der Waals surface area contributed by atoms with E-state index in [2.05, 4.69) is 0 Å². The lowest BCUT2D eigenvalue weighted by Crippen LogP contribution is -2.00. The van der Waals surface area contributed by atoms with Gasteiger partial charge in [0.05, 0.1) is 6.42 Å². The standard InChI is InChI=1S/C8H9NO2.C6H6FN/c9-7-3-1-2-6(4-7)5-8(10)11;7-5-1-3-6(8)4-2-5/h1-4H,5,9H2,(H,10,11);1-4H,8H2. The van der Waals surface area contributed by atoms with E-state index >= 15 is 0 Å². The van der Waals surface area contributed by atoms with Crippen LogP contribution >= 0.6 is 0 Å². The molecule has 5 N–H and O–H groups in total. The fourth-order valence-corrected chi connectivity index (χ4v) is 1.34. The second kappa shape index (κ2) is 7.00. The highest BCUT2D eigenvalue weighted by molar-refractivity contribution is 5.70. The Hall–Kier alpha value is -2.56. The number of hydrogen-bond donors (Lipinski definition) is 3. The molecule has 0 atom stereocenters. The molecule has 0 aliphatic carbocycles. The van der Waals surface area contributed by atoms with Crippen LogP contribution in [0.15, 0.2) is 48.5 Å². The zero-order valence-corrected chi connectivity index (χ0v) is 10.2. The summed E-state index contributed by atoms with van der Waals surface area (Å²) < 4.78 is 12.0. The van der Waals surface area contributed by atoms with E-state index in [1.54, 1.807) is 24.3 Å². The zero-order valence-electron chi connectivity index (χ0n) is 10.2. The van der Waals surface area contributed by atoms with Crippen molar-refractivity contribution in [2.24, 2.45) is 0 Å². The van der Waals surface area contributed by atoms with Crippen LogP contribution in [0.5, 0.6) is 0 Å². The molecule has 5 heteroatoms. The largest absolute Gasteiger partial charge is 0.481 e. The Morgan fingerprint density at radius 3 is 2.16 bits per heavy atom. The molecule has 2 aromatic rings. The molecule has 100 valence electrons. The summed E-state index contributed by atoms with van der Waals surface area (Å²) in [7, 11) is 0. The van der Waals surface area contributed by atoms with Crippen molar-refractivity contribution >= 4 is 17.3 Å². The summed E-state index contributed by atoms with van der Waals surface area (Å²) in [4.78, 5) is 10.2. The van der Waals surface area contributed by atoms with E-state index in [1.165, 1.54) is 24.3 Å². The summed E-state index contributed by atoms with van der Waals surface area (Å²) in [6.45, 7) is 0. The Balaban J connectivity index is 0.000000200. The van der Waals surface area contributed by atoms with E-state index in [1.807, 2.05) is 0 Å². The van der Waals surface area contributed by atoms with Crippen LogP contribution in [0, 0.1) is 5.82 Å². The maximum absolute atomic E-state index is 12.0. The number of benzene rings is 2. The Kier molecular flexibility index (Phi) is 5.35. The number of carboxylic acid groups (broad SMARTS) is 1. The van der Waals surface area contributed by atoms with Crippen molar-refractivity contribution < 1.29 is 14.3 Å². The van der Waals surface area contributed by atoms with E-state index in [-0.39, 0.29) is 12.2 Å². The van der Waals surface area contributed by atoms with E-state index in [9.17, 15) is 9.18 Å². The first kappa shape index (κ1) is 14.5. The summed E-state index contributed by atoms with van der Waals surface area (Å²) in [5.41, 5.74) is 12.6. The van der Waals surface area contributed by atoms with Gasteiger partial charge in [-0.3, -0.25) is 4.79 Å². The molecule has 0 fully saturated rings. The minimum absolute atomic E-state index is 0.0328. The van der Waals surface area contributed by atoms with Crippen molar-refractivity contribution in [3.63, 3.8) is 0 Å². The Morgan fingerprint density at radius 2 is 1.68 bits per heavy atom. The average molecular weight is 262 g/mol. The lowest BCUT2D eigenvalue weighted by molar-refractivity contribution is -0.136. The summed E-state index contributed by atoms with van der Waals surface area (Å²) >= 11 is 0. The van der Waals surface area contributed by atoms with Gasteiger partial charge < -0.3 is 16.6 Å². The van der Waals surface area contributed by atoms with Gasteiger partial charge in [-0.2, -0.15) is 0 Å². The number of hydrogen-bond acceptors (Lipinski definition) is 3. The highest BCUT2D eigenvalue weighted by Crippen LogP contribution is 2.06. The van der Waals surface area contributed by atoms with Gasteiger partial charge in [-0.05, 0) is 42.0 Å². The van der Waals surface area contributed by atoms with Crippen molar-refractivity contribution in [3.05, 3.63) is 59.9 Å².